The monoisotopic (exact) mass is 230 g/mol. The molecule has 96 valence electrons. The van der Waals surface area contributed by atoms with Gasteiger partial charge in [-0.25, -0.2) is 4.39 Å². The van der Waals surface area contributed by atoms with E-state index in [1.54, 1.807) is 0 Å². The van der Waals surface area contributed by atoms with Crippen LogP contribution >= 0.6 is 0 Å². The third kappa shape index (κ3) is 4.79. The summed E-state index contributed by atoms with van der Waals surface area (Å²) < 4.78 is 12.8. The molecule has 16 heavy (non-hydrogen) atoms. The summed E-state index contributed by atoms with van der Waals surface area (Å²) in [5.41, 5.74) is 0. The van der Waals surface area contributed by atoms with Gasteiger partial charge < -0.3 is 9.80 Å². The fourth-order valence-electron chi connectivity index (χ4n) is 2.27. The van der Waals surface area contributed by atoms with Crippen LogP contribution in [-0.2, 0) is 0 Å². The third-order valence-corrected chi connectivity index (χ3v) is 3.72. The topological polar surface area (TPSA) is 6.48 Å². The SMILES string of the molecule is CCN1CCCC1.C[C@@H]1CCN(C)CC1F. The number of piperidine rings is 1. The molecule has 0 aromatic heterocycles. The van der Waals surface area contributed by atoms with Crippen molar-refractivity contribution in [1.29, 1.82) is 0 Å². The Balaban J connectivity index is 0.000000165. The molecule has 2 atom stereocenters. The van der Waals surface area contributed by atoms with Crippen LogP contribution in [0.4, 0.5) is 4.39 Å². The Morgan fingerprint density at radius 3 is 2.19 bits per heavy atom. The van der Waals surface area contributed by atoms with Crippen LogP contribution in [0.1, 0.15) is 33.1 Å². The van der Waals surface area contributed by atoms with Crippen molar-refractivity contribution in [2.75, 3.05) is 39.8 Å². The van der Waals surface area contributed by atoms with Crippen molar-refractivity contribution >= 4 is 0 Å². The summed E-state index contributed by atoms with van der Waals surface area (Å²) in [6, 6.07) is 0. The molecule has 2 nitrogen and oxygen atoms in total. The summed E-state index contributed by atoms with van der Waals surface area (Å²) in [7, 11) is 1.97. The number of hydrogen-bond donors (Lipinski definition) is 0. The predicted molar refractivity (Wildman–Crippen MR) is 67.5 cm³/mol. The highest BCUT2D eigenvalue weighted by Gasteiger charge is 2.22. The number of hydrogen-bond acceptors (Lipinski definition) is 2. The van der Waals surface area contributed by atoms with Gasteiger partial charge in [0, 0.05) is 6.54 Å². The van der Waals surface area contributed by atoms with E-state index < -0.39 is 6.17 Å². The van der Waals surface area contributed by atoms with Gasteiger partial charge >= 0.3 is 0 Å². The van der Waals surface area contributed by atoms with Gasteiger partial charge in [-0.3, -0.25) is 0 Å². The van der Waals surface area contributed by atoms with E-state index in [-0.39, 0.29) is 5.92 Å². The molecular weight excluding hydrogens is 203 g/mol. The van der Waals surface area contributed by atoms with Crippen LogP contribution in [0.5, 0.6) is 0 Å². The number of nitrogens with zero attached hydrogens (tertiary/aromatic N) is 2. The smallest absolute Gasteiger partial charge is 0.115 e. The van der Waals surface area contributed by atoms with Gasteiger partial charge in [0.25, 0.3) is 0 Å². The first-order valence-electron chi connectivity index (χ1n) is 6.68. The maximum atomic E-state index is 12.8. The average Bonchev–Trinajstić information content (AvgIpc) is 2.77. The normalized spacial score (nSPS) is 32.2. The third-order valence-electron chi connectivity index (χ3n) is 3.72. The fraction of sp³-hybridized carbons (Fsp3) is 1.00. The molecule has 0 spiro atoms. The zero-order chi connectivity index (χ0) is 12.0. The van der Waals surface area contributed by atoms with Crippen molar-refractivity contribution in [3.63, 3.8) is 0 Å². The molecule has 0 aromatic carbocycles. The Bertz CT molecular complexity index is 181. The van der Waals surface area contributed by atoms with Gasteiger partial charge in [-0.1, -0.05) is 13.8 Å². The molecular formula is C13H27FN2. The molecule has 2 heterocycles. The molecule has 2 aliphatic rings. The summed E-state index contributed by atoms with van der Waals surface area (Å²) in [4.78, 5) is 4.53. The number of alkyl halides is 1. The molecule has 0 saturated carbocycles. The number of halogens is 1. The molecule has 3 heteroatoms. The molecule has 0 bridgehead atoms. The van der Waals surface area contributed by atoms with E-state index in [0.29, 0.717) is 6.54 Å². The Morgan fingerprint density at radius 1 is 1.19 bits per heavy atom. The zero-order valence-corrected chi connectivity index (χ0v) is 11.1. The standard InChI is InChI=1S/C7H14FN.C6H13N/c1-6-3-4-9(2)5-7(6)8;1-2-7-5-3-4-6-7/h6-7H,3-5H2,1-2H3;2-6H2,1H3/t6-,7?;/m1./s1. The highest BCUT2D eigenvalue weighted by molar-refractivity contribution is 4.75. The molecule has 0 amide bonds. The molecule has 0 radical (unpaired) electrons. The summed E-state index contributed by atoms with van der Waals surface area (Å²) in [5.74, 6) is 0.279. The molecule has 1 unspecified atom stereocenters. The van der Waals surface area contributed by atoms with Crippen LogP contribution in [0.3, 0.4) is 0 Å². The van der Waals surface area contributed by atoms with Gasteiger partial charge in [-0.15, -0.1) is 0 Å². The van der Waals surface area contributed by atoms with Crippen LogP contribution in [-0.4, -0.2) is 55.7 Å². The lowest BCUT2D eigenvalue weighted by Gasteiger charge is -2.29. The molecule has 0 N–H and O–H groups in total. The van der Waals surface area contributed by atoms with Crippen LogP contribution in [0.25, 0.3) is 0 Å². The largest absolute Gasteiger partial charge is 0.304 e. The Labute approximate surface area is 99.8 Å². The van der Waals surface area contributed by atoms with Gasteiger partial charge in [0.05, 0.1) is 0 Å². The predicted octanol–water partition coefficient (Wildman–Crippen LogP) is 2.40. The lowest BCUT2D eigenvalue weighted by atomic mass is 9.98. The lowest BCUT2D eigenvalue weighted by molar-refractivity contribution is 0.112. The fourth-order valence-corrected chi connectivity index (χ4v) is 2.27. The van der Waals surface area contributed by atoms with Gasteiger partial charge in [0.15, 0.2) is 0 Å². The van der Waals surface area contributed by atoms with E-state index in [2.05, 4.69) is 11.8 Å². The second kappa shape index (κ2) is 7.23. The van der Waals surface area contributed by atoms with Gasteiger partial charge in [-0.2, -0.15) is 0 Å². The summed E-state index contributed by atoms with van der Waals surface area (Å²) in [6.07, 6.45) is 3.27. The minimum absolute atomic E-state index is 0.279. The van der Waals surface area contributed by atoms with E-state index >= 15 is 0 Å². The Kier molecular flexibility index (Phi) is 6.29. The van der Waals surface area contributed by atoms with Crippen molar-refractivity contribution in [2.24, 2.45) is 5.92 Å². The molecule has 2 saturated heterocycles. The number of likely N-dealkylation sites (tertiary alicyclic amines) is 2. The molecule has 2 fully saturated rings. The van der Waals surface area contributed by atoms with Crippen molar-refractivity contribution in [1.82, 2.24) is 9.80 Å². The Hall–Kier alpha value is -0.150. The minimum Gasteiger partial charge on any atom is -0.304 e. The van der Waals surface area contributed by atoms with Crippen LogP contribution in [0.2, 0.25) is 0 Å². The lowest BCUT2D eigenvalue weighted by Crippen LogP contribution is -2.38. The first-order chi connectivity index (χ1) is 7.63. The van der Waals surface area contributed by atoms with Gasteiger partial charge in [0.1, 0.15) is 6.17 Å². The highest BCUT2D eigenvalue weighted by atomic mass is 19.1. The first-order valence-corrected chi connectivity index (χ1v) is 6.68. The Morgan fingerprint density at radius 2 is 1.81 bits per heavy atom. The van der Waals surface area contributed by atoms with Gasteiger partial charge in [0.2, 0.25) is 0 Å². The highest BCUT2D eigenvalue weighted by Crippen LogP contribution is 2.17. The van der Waals surface area contributed by atoms with Crippen LogP contribution in [0, 0.1) is 5.92 Å². The minimum atomic E-state index is -0.594. The average molecular weight is 230 g/mol. The number of rotatable bonds is 1. The first kappa shape index (κ1) is 13.9. The van der Waals surface area contributed by atoms with Crippen LogP contribution in [0.15, 0.2) is 0 Å². The maximum absolute atomic E-state index is 12.8. The molecule has 2 aliphatic heterocycles. The summed E-state index contributed by atoms with van der Waals surface area (Å²) >= 11 is 0. The second-order valence-electron chi connectivity index (χ2n) is 5.19. The van der Waals surface area contributed by atoms with Crippen molar-refractivity contribution in [3.05, 3.63) is 0 Å². The van der Waals surface area contributed by atoms with E-state index in [1.165, 1.54) is 32.5 Å². The van der Waals surface area contributed by atoms with E-state index in [1.807, 2.05) is 18.9 Å². The van der Waals surface area contributed by atoms with Crippen molar-refractivity contribution in [3.8, 4) is 0 Å². The second-order valence-corrected chi connectivity index (χ2v) is 5.19. The quantitative estimate of drug-likeness (QED) is 0.682. The maximum Gasteiger partial charge on any atom is 0.115 e. The van der Waals surface area contributed by atoms with E-state index in [9.17, 15) is 4.39 Å². The van der Waals surface area contributed by atoms with Crippen molar-refractivity contribution < 1.29 is 4.39 Å². The van der Waals surface area contributed by atoms with Crippen molar-refractivity contribution in [2.45, 2.75) is 39.3 Å². The summed E-state index contributed by atoms with van der Waals surface area (Å²) in [5, 5.41) is 0. The summed E-state index contributed by atoms with van der Waals surface area (Å²) in [6.45, 7) is 9.83. The van der Waals surface area contributed by atoms with Crippen LogP contribution < -0.4 is 0 Å². The van der Waals surface area contributed by atoms with E-state index in [0.717, 1.165) is 13.0 Å². The van der Waals surface area contributed by atoms with E-state index in [4.69, 9.17) is 0 Å². The molecule has 0 aromatic rings. The molecule has 0 aliphatic carbocycles. The zero-order valence-electron chi connectivity index (χ0n) is 11.1. The molecule has 2 rings (SSSR count). The van der Waals surface area contributed by atoms with Gasteiger partial charge in [-0.05, 0) is 58.4 Å².